The van der Waals surface area contributed by atoms with Gasteiger partial charge in [0.05, 0.1) is 29.5 Å². The molecule has 12 nitrogen and oxygen atoms in total. The van der Waals surface area contributed by atoms with Crippen LogP contribution in [-0.2, 0) is 36.7 Å². The number of nitrogens with zero attached hydrogens (tertiary/aromatic N) is 2. The van der Waals surface area contributed by atoms with Crippen molar-refractivity contribution in [1.29, 1.82) is 0 Å². The van der Waals surface area contributed by atoms with Gasteiger partial charge in [0.1, 0.15) is 5.78 Å². The number of amides is 2. The van der Waals surface area contributed by atoms with Gasteiger partial charge < -0.3 is 25.2 Å². The summed E-state index contributed by atoms with van der Waals surface area (Å²) in [6.07, 6.45) is 24.4. The van der Waals surface area contributed by atoms with Gasteiger partial charge in [0, 0.05) is 111 Å². The summed E-state index contributed by atoms with van der Waals surface area (Å²) in [5, 5.41) is 16.9. The molecule has 4 saturated heterocycles. The number of nitrogens with one attached hydrogen (secondary N) is 2. The predicted molar refractivity (Wildman–Crippen MR) is 401 cm³/mol. The first-order chi connectivity index (χ1) is 49.1. The molecule has 8 fully saturated rings. The lowest BCUT2D eigenvalue weighted by Gasteiger charge is -2.49. The molecule has 542 valence electrons. The van der Waals surface area contributed by atoms with Crippen LogP contribution in [-0.4, -0.2) is 125 Å². The fourth-order valence-electron chi connectivity index (χ4n) is 23.8. The molecule has 19 atom stereocenters. The maximum absolute atomic E-state index is 13.0. The van der Waals surface area contributed by atoms with Gasteiger partial charge in [-0.05, 0) is 197 Å². The van der Waals surface area contributed by atoms with E-state index in [9.17, 15) is 29.1 Å². The standard InChI is InChI=1S/C45H58N2O4.C45H56N2O4/c2*1-28-24-40-42(47(27-28)23-22-46-41(49)17-12-31-10-13-33(14-11-31)43(50)32-8-6-5-7-9-32)30(3)45(51-40)21-19-36-37-16-15-34-25-35(48)18-20-44(34,4)39(37)26-38(36)29(45)2/h5-11,13-15,28,30,35-37,39-40,42,48H,12,16-27H2,1-4H3,(H,46,49);5-11,13-15,28,30,36-37,39-40,42H,12,16-27H2,1-4H3,(H,46,49)/t28-,30+,35-,36-,37-,39-,40+,42-,44-,45-;28-,30+,36-,37-,39-,40+,42-,44-,45-/m00/s1. The highest BCUT2D eigenvalue weighted by molar-refractivity contribution is 6.09. The molecule has 4 aromatic rings. The van der Waals surface area contributed by atoms with Crippen molar-refractivity contribution in [3.63, 3.8) is 0 Å². The Balaban J connectivity index is 0.000000165. The summed E-state index contributed by atoms with van der Waals surface area (Å²) in [5.74, 6) is 6.66. The maximum atomic E-state index is 13.0. The van der Waals surface area contributed by atoms with E-state index in [0.29, 0.717) is 139 Å². The van der Waals surface area contributed by atoms with E-state index in [0.717, 1.165) is 107 Å². The lowest BCUT2D eigenvalue weighted by Crippen LogP contribution is -2.54. The number of allylic oxidation sites excluding steroid dienone is 5. The van der Waals surface area contributed by atoms with Gasteiger partial charge >= 0.3 is 0 Å². The summed E-state index contributed by atoms with van der Waals surface area (Å²) >= 11 is 0. The topological polar surface area (TPSA) is 155 Å². The van der Waals surface area contributed by atoms with Gasteiger partial charge in [-0.15, -0.1) is 0 Å². The first kappa shape index (κ1) is 71.2. The van der Waals surface area contributed by atoms with E-state index in [-0.39, 0.29) is 63.7 Å². The Labute approximate surface area is 607 Å². The van der Waals surface area contributed by atoms with Crippen LogP contribution in [0.15, 0.2) is 155 Å². The Morgan fingerprint density at radius 1 is 0.539 bits per heavy atom. The van der Waals surface area contributed by atoms with Crippen molar-refractivity contribution in [2.24, 2.45) is 70.0 Å². The number of ketones is 3. The lowest BCUT2D eigenvalue weighted by molar-refractivity contribution is -0.122. The molecule has 2 spiro atoms. The number of carbonyl (C=O) groups excluding carboxylic acids is 5. The minimum atomic E-state index is -0.193. The number of hydrogen-bond acceptors (Lipinski definition) is 10. The first-order valence-electron chi connectivity index (χ1n) is 39.9. The van der Waals surface area contributed by atoms with Gasteiger partial charge in [-0.25, -0.2) is 0 Å². The second-order valence-electron chi connectivity index (χ2n) is 34.7. The minimum absolute atomic E-state index is 0.0159. The van der Waals surface area contributed by atoms with Crippen LogP contribution in [0.3, 0.4) is 0 Å². The number of rotatable bonds is 16. The molecule has 4 saturated carbocycles. The van der Waals surface area contributed by atoms with Gasteiger partial charge in [-0.1, -0.05) is 185 Å². The van der Waals surface area contributed by atoms with E-state index in [4.69, 9.17) is 9.47 Å². The number of aliphatic hydroxyl groups is 1. The van der Waals surface area contributed by atoms with Crippen molar-refractivity contribution in [3.05, 3.63) is 188 Å². The lowest BCUT2D eigenvalue weighted by atomic mass is 9.56. The predicted octanol–water partition coefficient (Wildman–Crippen LogP) is 15.6. The zero-order chi connectivity index (χ0) is 71.0. The van der Waals surface area contributed by atoms with Crippen molar-refractivity contribution in [3.8, 4) is 0 Å². The summed E-state index contributed by atoms with van der Waals surface area (Å²) < 4.78 is 14.7. The molecule has 16 rings (SSSR count). The van der Waals surface area contributed by atoms with Crippen LogP contribution >= 0.6 is 0 Å². The molecule has 0 unspecified atom stereocenters. The molecule has 8 aliphatic carbocycles. The van der Waals surface area contributed by atoms with E-state index < -0.39 is 0 Å². The molecule has 102 heavy (non-hydrogen) atoms. The van der Waals surface area contributed by atoms with Crippen LogP contribution in [0.25, 0.3) is 0 Å². The summed E-state index contributed by atoms with van der Waals surface area (Å²) in [7, 11) is 0. The third-order valence-corrected chi connectivity index (χ3v) is 29.3. The molecule has 4 heterocycles. The average Bonchev–Trinajstić information content (AvgIpc) is 1.55. The Morgan fingerprint density at radius 3 is 1.43 bits per heavy atom. The Bertz CT molecular complexity index is 3950. The zero-order valence-corrected chi connectivity index (χ0v) is 62.3. The number of likely N-dealkylation sites (tertiary alicyclic amines) is 2. The number of ether oxygens (including phenoxy) is 2. The summed E-state index contributed by atoms with van der Waals surface area (Å²) in [6.45, 7) is 24.5. The van der Waals surface area contributed by atoms with Crippen LogP contribution in [0.5, 0.6) is 0 Å². The molecule has 12 heteroatoms. The summed E-state index contributed by atoms with van der Waals surface area (Å²) in [4.78, 5) is 69.1. The van der Waals surface area contributed by atoms with Crippen LogP contribution in [0.2, 0.25) is 0 Å². The highest BCUT2D eigenvalue weighted by atomic mass is 16.5. The van der Waals surface area contributed by atoms with Crippen molar-refractivity contribution < 1.29 is 38.6 Å². The SMILES string of the molecule is CC1=C2C[C@H]3[C@@H](CC=C4CC(=O)CC[C@@]43C)[C@@H]2CC[C@]12O[C@@H]1C[C@H](C)CN(CCNC(=O)CCc3ccc(C(=O)c4ccccc4)cc3)[C@H]1[C@H]2C.CC1=C2C[C@H]3[C@@H](CC=C4C[C@@H](O)CC[C@@]43C)[C@@H]2CC[C@]12O[C@@H]1C[C@H](C)CN(CCNC(=O)CCc3ccc(C(=O)c4ccccc4)cc3)[C@H]1[C@H]2C. The van der Waals surface area contributed by atoms with Gasteiger partial charge in [-0.3, -0.25) is 33.8 Å². The number of piperidine rings is 2. The number of benzene rings is 4. The fraction of sp³-hybridized carbons (Fsp3) is 0.589. The molecule has 0 bridgehead atoms. The normalized spacial score (nSPS) is 36.6. The second kappa shape index (κ2) is 28.8. The van der Waals surface area contributed by atoms with E-state index in [1.54, 1.807) is 16.7 Å². The van der Waals surface area contributed by atoms with Crippen LogP contribution in [0.4, 0.5) is 0 Å². The molecule has 3 N–H and O–H groups in total. The third kappa shape index (κ3) is 13.1. The quantitative estimate of drug-likeness (QED) is 0.0729. The maximum Gasteiger partial charge on any atom is 0.220 e. The van der Waals surface area contributed by atoms with Crippen molar-refractivity contribution >= 4 is 29.2 Å². The van der Waals surface area contributed by atoms with Gasteiger partial charge in [0.25, 0.3) is 0 Å². The molecular weight excluding hydrogens is 1270 g/mol. The third-order valence-electron chi connectivity index (χ3n) is 29.3. The molecule has 12 aliphatic rings. The monoisotopic (exact) mass is 1380 g/mol. The smallest absolute Gasteiger partial charge is 0.220 e. The summed E-state index contributed by atoms with van der Waals surface area (Å²) in [6, 6.07) is 34.8. The minimum Gasteiger partial charge on any atom is -0.393 e. The zero-order valence-electron chi connectivity index (χ0n) is 62.3. The van der Waals surface area contributed by atoms with Gasteiger partial charge in [0.15, 0.2) is 11.6 Å². The number of aliphatic hydroxyl groups excluding tert-OH is 1. The highest BCUT2D eigenvalue weighted by Gasteiger charge is 2.64. The largest absolute Gasteiger partial charge is 0.393 e. The molecule has 0 radical (unpaired) electrons. The molecule has 0 aromatic heterocycles. The summed E-state index contributed by atoms with van der Waals surface area (Å²) in [5.41, 5.74) is 14.3. The fourth-order valence-corrected chi connectivity index (χ4v) is 23.8. The van der Waals surface area contributed by atoms with E-state index in [1.165, 1.54) is 48.8 Å². The highest BCUT2D eigenvalue weighted by Crippen LogP contribution is 2.67. The first-order valence-corrected chi connectivity index (χ1v) is 39.9. The molecule has 4 aromatic carbocycles. The number of Topliss-reactive ketones (excluding diaryl/α,β-unsaturated/α-hetero) is 1. The molecular formula is C90H114N4O8. The molecule has 4 aliphatic heterocycles. The Kier molecular flexibility index (Phi) is 20.1. The second-order valence-corrected chi connectivity index (χ2v) is 34.7. The number of fused-ring (bicyclic) bond motifs is 12. The van der Waals surface area contributed by atoms with Crippen LogP contribution in [0, 0.1) is 70.0 Å². The van der Waals surface area contributed by atoms with Crippen molar-refractivity contribution in [2.45, 2.75) is 225 Å². The number of aryl methyl sites for hydroxylation is 2. The number of carbonyl (C=O) groups is 5. The van der Waals surface area contributed by atoms with E-state index >= 15 is 0 Å². The van der Waals surface area contributed by atoms with E-state index in [2.05, 4.69) is 88.0 Å². The van der Waals surface area contributed by atoms with E-state index in [1.807, 2.05) is 109 Å². The van der Waals surface area contributed by atoms with Crippen LogP contribution < -0.4 is 10.6 Å². The van der Waals surface area contributed by atoms with Crippen molar-refractivity contribution in [2.75, 3.05) is 39.3 Å². The van der Waals surface area contributed by atoms with Gasteiger partial charge in [0.2, 0.25) is 11.8 Å². The Morgan fingerprint density at radius 2 is 0.971 bits per heavy atom. The molecule has 2 amide bonds. The van der Waals surface area contributed by atoms with Crippen LogP contribution in [0.1, 0.15) is 214 Å². The van der Waals surface area contributed by atoms with Crippen molar-refractivity contribution in [1.82, 2.24) is 20.4 Å². The average molecular weight is 1380 g/mol. The number of hydrogen-bond donors (Lipinski definition) is 3. The Hall–Kier alpha value is -6.41. The van der Waals surface area contributed by atoms with Gasteiger partial charge in [-0.2, -0.15) is 0 Å².